The quantitative estimate of drug-likeness (QED) is 0.457. The van der Waals surface area contributed by atoms with E-state index in [1.54, 1.807) is 11.0 Å². The molecule has 1 amide bonds. The maximum atomic E-state index is 14.0. The third-order valence-corrected chi connectivity index (χ3v) is 6.29. The van der Waals surface area contributed by atoms with Gasteiger partial charge in [-0.15, -0.1) is 23.7 Å². The van der Waals surface area contributed by atoms with E-state index in [-0.39, 0.29) is 23.8 Å². The Kier molecular flexibility index (Phi) is 7.70. The minimum atomic E-state index is -0.720. The van der Waals surface area contributed by atoms with Crippen molar-refractivity contribution in [2.75, 3.05) is 32.1 Å². The lowest BCUT2D eigenvalue weighted by atomic mass is 10.3. The Labute approximate surface area is 178 Å². The number of rotatable bonds is 6. The Bertz CT molecular complexity index is 948. The summed E-state index contributed by atoms with van der Waals surface area (Å²) in [6, 6.07) is 5.59. The van der Waals surface area contributed by atoms with Gasteiger partial charge in [-0.1, -0.05) is 11.3 Å². The molecule has 27 heavy (non-hydrogen) atoms. The highest BCUT2D eigenvalue weighted by molar-refractivity contribution is 9.11. The lowest BCUT2D eigenvalue weighted by molar-refractivity contribution is 0.0990. The van der Waals surface area contributed by atoms with Crippen LogP contribution >= 0.6 is 51.0 Å². The number of hydrogen-bond donors (Lipinski definition) is 0. The van der Waals surface area contributed by atoms with E-state index < -0.39 is 11.6 Å². The lowest BCUT2D eigenvalue weighted by Crippen LogP contribution is -2.32. The van der Waals surface area contributed by atoms with Gasteiger partial charge in [0.25, 0.3) is 5.91 Å². The average Bonchev–Trinajstić information content (AvgIpc) is 3.17. The Hall–Kier alpha value is -1.13. The molecule has 0 unspecified atom stereocenters. The first kappa shape index (κ1) is 22.2. The molecular weight excluding hydrogens is 480 g/mol. The molecule has 146 valence electrons. The second kappa shape index (κ2) is 9.38. The van der Waals surface area contributed by atoms with Gasteiger partial charge >= 0.3 is 0 Å². The molecule has 0 aliphatic heterocycles. The van der Waals surface area contributed by atoms with Gasteiger partial charge in [0, 0.05) is 12.6 Å². The highest BCUT2D eigenvalue weighted by atomic mass is 79.9. The molecule has 3 aromatic rings. The highest BCUT2D eigenvalue weighted by Gasteiger charge is 2.23. The van der Waals surface area contributed by atoms with E-state index in [0.717, 1.165) is 34.2 Å². The first-order valence-corrected chi connectivity index (χ1v) is 10.3. The first-order chi connectivity index (χ1) is 12.3. The molecular formula is C17H17BrClF2N3OS2. The van der Waals surface area contributed by atoms with Gasteiger partial charge in [0.15, 0.2) is 10.9 Å². The van der Waals surface area contributed by atoms with Crippen molar-refractivity contribution in [3.8, 4) is 0 Å². The monoisotopic (exact) mass is 495 g/mol. The van der Waals surface area contributed by atoms with E-state index in [1.807, 2.05) is 25.1 Å². The summed E-state index contributed by atoms with van der Waals surface area (Å²) >= 11 is 5.80. The van der Waals surface area contributed by atoms with Gasteiger partial charge in [-0.25, -0.2) is 13.8 Å². The van der Waals surface area contributed by atoms with Gasteiger partial charge in [-0.2, -0.15) is 0 Å². The van der Waals surface area contributed by atoms with Crippen molar-refractivity contribution in [3.05, 3.63) is 44.6 Å². The van der Waals surface area contributed by atoms with Crippen LogP contribution in [-0.2, 0) is 0 Å². The van der Waals surface area contributed by atoms with E-state index in [1.165, 1.54) is 17.4 Å². The maximum Gasteiger partial charge on any atom is 0.270 e. The van der Waals surface area contributed by atoms with Crippen molar-refractivity contribution in [2.45, 2.75) is 6.42 Å². The maximum absolute atomic E-state index is 14.0. The third kappa shape index (κ3) is 5.23. The fourth-order valence-corrected chi connectivity index (χ4v) is 4.82. The molecule has 2 aromatic heterocycles. The van der Waals surface area contributed by atoms with Crippen LogP contribution in [0, 0.1) is 11.6 Å². The van der Waals surface area contributed by atoms with Crippen LogP contribution in [0.25, 0.3) is 10.2 Å². The molecule has 0 saturated heterocycles. The van der Waals surface area contributed by atoms with Crippen molar-refractivity contribution in [3.63, 3.8) is 0 Å². The van der Waals surface area contributed by atoms with E-state index in [2.05, 4.69) is 20.9 Å². The number of carbonyl (C=O) groups is 1. The summed E-state index contributed by atoms with van der Waals surface area (Å²) in [6.07, 6.45) is 0.734. The number of benzene rings is 1. The Morgan fingerprint density at radius 1 is 1.19 bits per heavy atom. The number of aromatic nitrogens is 1. The predicted molar refractivity (Wildman–Crippen MR) is 114 cm³/mol. The molecule has 0 atom stereocenters. The molecule has 0 fully saturated rings. The van der Waals surface area contributed by atoms with Crippen LogP contribution in [0.4, 0.5) is 13.9 Å². The number of nitrogens with zero attached hydrogens (tertiary/aromatic N) is 3. The number of halogens is 4. The van der Waals surface area contributed by atoms with Gasteiger partial charge in [0.1, 0.15) is 11.3 Å². The predicted octanol–water partition coefficient (Wildman–Crippen LogP) is 5.42. The highest BCUT2D eigenvalue weighted by Crippen LogP contribution is 2.33. The summed E-state index contributed by atoms with van der Waals surface area (Å²) in [5, 5.41) is 0.373. The van der Waals surface area contributed by atoms with E-state index in [9.17, 15) is 13.6 Å². The number of amides is 1. The molecule has 0 N–H and O–H groups in total. The standard InChI is InChI=1S/C17H16BrF2N3OS2.ClH/c1-22(2)6-3-7-23(16(24)12-4-5-14(18)25-12)17-21-15-11(20)8-10(19)9-13(15)26-17;/h4-5,8-9H,3,6-7H2,1-2H3;1H. The van der Waals surface area contributed by atoms with Gasteiger partial charge in [0.05, 0.1) is 13.4 Å². The topological polar surface area (TPSA) is 36.4 Å². The minimum Gasteiger partial charge on any atom is -0.309 e. The van der Waals surface area contributed by atoms with Crippen LogP contribution in [-0.4, -0.2) is 43.0 Å². The summed E-state index contributed by atoms with van der Waals surface area (Å²) < 4.78 is 28.7. The molecule has 0 aliphatic rings. The molecule has 0 spiro atoms. The zero-order chi connectivity index (χ0) is 18.8. The Balaban J connectivity index is 0.00000261. The number of hydrogen-bond acceptors (Lipinski definition) is 5. The fraction of sp³-hybridized carbons (Fsp3) is 0.294. The normalized spacial score (nSPS) is 11.0. The number of thiazole rings is 1. The van der Waals surface area contributed by atoms with E-state index >= 15 is 0 Å². The van der Waals surface area contributed by atoms with Gasteiger partial charge in [-0.05, 0) is 61.2 Å². The molecule has 0 bridgehead atoms. The molecule has 4 nitrogen and oxygen atoms in total. The SMILES string of the molecule is CN(C)CCCN(C(=O)c1ccc(Br)s1)c1nc2c(F)cc(F)cc2s1.Cl. The van der Waals surface area contributed by atoms with Crippen LogP contribution < -0.4 is 4.90 Å². The van der Waals surface area contributed by atoms with Crippen molar-refractivity contribution in [2.24, 2.45) is 0 Å². The fourth-order valence-electron chi connectivity index (χ4n) is 2.45. The summed E-state index contributed by atoms with van der Waals surface area (Å²) in [5.74, 6) is -1.57. The van der Waals surface area contributed by atoms with E-state index in [4.69, 9.17) is 0 Å². The zero-order valence-corrected chi connectivity index (χ0v) is 18.6. The number of carbonyl (C=O) groups excluding carboxylic acids is 1. The van der Waals surface area contributed by atoms with Crippen molar-refractivity contribution in [1.82, 2.24) is 9.88 Å². The number of thiophene rings is 1. The molecule has 0 radical (unpaired) electrons. The average molecular weight is 497 g/mol. The summed E-state index contributed by atoms with van der Waals surface area (Å²) in [7, 11) is 3.91. The lowest BCUT2D eigenvalue weighted by Gasteiger charge is -2.20. The van der Waals surface area contributed by atoms with Gasteiger partial charge in [-0.3, -0.25) is 9.69 Å². The summed E-state index contributed by atoms with van der Waals surface area (Å²) in [5.41, 5.74) is 0.0872. The minimum absolute atomic E-state index is 0. The van der Waals surface area contributed by atoms with Crippen LogP contribution in [0.1, 0.15) is 16.1 Å². The third-order valence-electron chi connectivity index (χ3n) is 3.65. The van der Waals surface area contributed by atoms with E-state index in [0.29, 0.717) is 21.3 Å². The van der Waals surface area contributed by atoms with Gasteiger partial charge in [0.2, 0.25) is 0 Å². The Morgan fingerprint density at radius 3 is 2.56 bits per heavy atom. The van der Waals surface area contributed by atoms with Crippen molar-refractivity contribution >= 4 is 72.3 Å². The molecule has 3 rings (SSSR count). The van der Waals surface area contributed by atoms with Crippen LogP contribution in [0.3, 0.4) is 0 Å². The largest absolute Gasteiger partial charge is 0.309 e. The Morgan fingerprint density at radius 2 is 1.93 bits per heavy atom. The smallest absolute Gasteiger partial charge is 0.270 e. The molecule has 2 heterocycles. The second-order valence-electron chi connectivity index (χ2n) is 5.95. The number of fused-ring (bicyclic) bond motifs is 1. The van der Waals surface area contributed by atoms with Crippen LogP contribution in [0.2, 0.25) is 0 Å². The first-order valence-electron chi connectivity index (χ1n) is 7.82. The van der Waals surface area contributed by atoms with Crippen LogP contribution in [0.5, 0.6) is 0 Å². The molecule has 1 aromatic carbocycles. The van der Waals surface area contributed by atoms with Crippen molar-refractivity contribution < 1.29 is 13.6 Å². The zero-order valence-electron chi connectivity index (χ0n) is 14.5. The number of anilines is 1. The van der Waals surface area contributed by atoms with Gasteiger partial charge < -0.3 is 4.90 Å². The molecule has 0 saturated carbocycles. The van der Waals surface area contributed by atoms with Crippen LogP contribution in [0.15, 0.2) is 28.1 Å². The second-order valence-corrected chi connectivity index (χ2v) is 9.42. The van der Waals surface area contributed by atoms with Crippen molar-refractivity contribution in [1.29, 1.82) is 0 Å². The summed E-state index contributed by atoms with van der Waals surface area (Å²) in [4.78, 5) is 21.4. The summed E-state index contributed by atoms with van der Waals surface area (Å²) in [6.45, 7) is 1.24. The molecule has 0 aliphatic carbocycles. The molecule has 10 heteroatoms.